The van der Waals surface area contributed by atoms with Crippen molar-refractivity contribution in [3.05, 3.63) is 167 Å². The van der Waals surface area contributed by atoms with Gasteiger partial charge in [-0.1, -0.05) is 274 Å². The van der Waals surface area contributed by atoms with Gasteiger partial charge in [-0.2, -0.15) is 0 Å². The van der Waals surface area contributed by atoms with Gasteiger partial charge in [0.1, 0.15) is 0 Å². The van der Waals surface area contributed by atoms with Crippen molar-refractivity contribution in [2.24, 2.45) is 0 Å². The van der Waals surface area contributed by atoms with E-state index in [1.807, 2.05) is 0 Å². The van der Waals surface area contributed by atoms with Crippen LogP contribution < -0.4 is 18.9 Å². The van der Waals surface area contributed by atoms with Crippen molar-refractivity contribution < 1.29 is 75.3 Å². The van der Waals surface area contributed by atoms with Gasteiger partial charge in [0.05, 0.1) is 0 Å². The number of ether oxygens (including phenoxy) is 2. The van der Waals surface area contributed by atoms with Gasteiger partial charge in [-0.3, -0.25) is 0 Å². The average Bonchev–Trinajstić information content (AvgIpc) is 4.39. The SMILES string of the molecule is C1CCOC1.C1CCOC1.[Li+].[Yb+3].c1ccc2c(-c3c([N-]C4CCCCC4)ccc4ccccc34)c([N-]C3CCCCC3)ccc2c1.c1ccc2c(-c3c([N-]C4CCCCC4)ccc4ccccc34)c([N-]C3CCCCC3)ccc2c1. The van der Waals surface area contributed by atoms with Gasteiger partial charge in [0.2, 0.25) is 0 Å². The van der Waals surface area contributed by atoms with Gasteiger partial charge in [-0.15, -0.1) is 46.9 Å². The van der Waals surface area contributed by atoms with Crippen molar-refractivity contribution in [2.75, 3.05) is 26.4 Å². The first-order valence-corrected chi connectivity index (χ1v) is 30.8. The molecule has 6 fully saturated rings. The summed E-state index contributed by atoms with van der Waals surface area (Å²) in [5.41, 5.74) is 9.66. The van der Waals surface area contributed by atoms with Crippen LogP contribution in [0.15, 0.2) is 146 Å². The molecule has 0 spiro atoms. The molecule has 0 N–H and O–H groups in total. The van der Waals surface area contributed by atoms with E-state index in [1.165, 1.54) is 219 Å². The molecular weight excluding hydrogens is 1130 g/mol. The van der Waals surface area contributed by atoms with Crippen molar-refractivity contribution in [3.63, 3.8) is 0 Å². The molecule has 8 aromatic rings. The van der Waals surface area contributed by atoms with Crippen LogP contribution in [0.5, 0.6) is 0 Å². The summed E-state index contributed by atoms with van der Waals surface area (Å²) in [5, 5.41) is 31.8. The zero-order chi connectivity index (χ0) is 52.6. The molecule has 0 bridgehead atoms. The molecule has 4 saturated carbocycles. The quantitative estimate of drug-likeness (QED) is 0.128. The fraction of sp³-hybridized carbons (Fsp3) is 0.444. The molecule has 2 saturated heterocycles. The average molecular weight is 1220 g/mol. The summed E-state index contributed by atoms with van der Waals surface area (Å²) in [6, 6.07) is 55.0. The third-order valence-corrected chi connectivity index (χ3v) is 17.4. The fourth-order valence-electron chi connectivity index (χ4n) is 13.2. The van der Waals surface area contributed by atoms with E-state index in [0.717, 1.165) is 49.2 Å². The molecule has 0 unspecified atom stereocenters. The van der Waals surface area contributed by atoms with Gasteiger partial charge >= 0.3 is 65.8 Å². The van der Waals surface area contributed by atoms with Gasteiger partial charge in [0.15, 0.2) is 0 Å². The predicted octanol–water partition coefficient (Wildman–Crippen LogP) is 19.3. The normalized spacial score (nSPS) is 18.1. The van der Waals surface area contributed by atoms with Crippen molar-refractivity contribution in [3.8, 4) is 22.3 Å². The largest absolute Gasteiger partial charge is 3.00 e. The maximum atomic E-state index is 5.40. The molecule has 8 heteroatoms. The second kappa shape index (κ2) is 31.6. The second-order valence-electron chi connectivity index (χ2n) is 23.0. The van der Waals surface area contributed by atoms with E-state index in [4.69, 9.17) is 30.7 Å². The summed E-state index contributed by atoms with van der Waals surface area (Å²) >= 11 is 0. The number of hydrogen-bond donors (Lipinski definition) is 0. The third kappa shape index (κ3) is 15.8. The standard InChI is InChI=1S/2C32H34N2.2C4H8O.Li.Yb/c2*1-3-13-25(14-4-1)33-29-21-19-23-11-7-9-17-27(23)31(29)32-28-18-10-8-12-24(28)20-22-30(32)34-26-15-5-2-6-16-26;2*1-2-4-5-3-1;;/h2*7-12,17-22,25-26H,1-6,13-16H2;2*1-4H2;;/q2*-2;;;+1;+3. The van der Waals surface area contributed by atoms with Crippen LogP contribution in [0.4, 0.5) is 22.7 Å². The Morgan fingerprint density at radius 1 is 0.250 bits per heavy atom. The fourth-order valence-corrected chi connectivity index (χ4v) is 13.2. The van der Waals surface area contributed by atoms with Gasteiger partial charge in [-0.25, -0.2) is 0 Å². The second-order valence-corrected chi connectivity index (χ2v) is 23.0. The summed E-state index contributed by atoms with van der Waals surface area (Å²) in [6.45, 7) is 4.00. The van der Waals surface area contributed by atoms with Crippen LogP contribution in [0.1, 0.15) is 154 Å². The molecule has 2 aliphatic heterocycles. The number of rotatable bonds is 10. The predicted molar refractivity (Wildman–Crippen MR) is 333 cm³/mol. The zero-order valence-electron chi connectivity index (χ0n) is 47.8. The maximum absolute atomic E-state index is 5.40. The van der Waals surface area contributed by atoms with Crippen molar-refractivity contribution >= 4 is 65.8 Å². The molecule has 14 rings (SSSR count). The summed E-state index contributed by atoms with van der Waals surface area (Å²) in [4.78, 5) is 0. The van der Waals surface area contributed by atoms with Crippen LogP contribution in [-0.2, 0) is 9.47 Å². The van der Waals surface area contributed by atoms with E-state index in [9.17, 15) is 0 Å². The molecule has 8 aromatic carbocycles. The van der Waals surface area contributed by atoms with Crippen LogP contribution in [0.25, 0.3) is 86.6 Å². The minimum Gasteiger partial charge on any atom is -0.681 e. The summed E-state index contributed by atoms with van der Waals surface area (Å²) in [7, 11) is 0. The minimum atomic E-state index is 0. The number of fused-ring (bicyclic) bond motifs is 4. The Hall–Kier alpha value is -3.96. The molecule has 0 amide bonds. The molecule has 419 valence electrons. The minimum absolute atomic E-state index is 0. The van der Waals surface area contributed by atoms with Crippen molar-refractivity contribution in [1.29, 1.82) is 0 Å². The molecule has 4 aliphatic carbocycles. The van der Waals surface area contributed by atoms with Crippen LogP contribution in [-0.4, -0.2) is 50.6 Å². The van der Waals surface area contributed by atoms with Gasteiger partial charge < -0.3 is 30.7 Å². The Morgan fingerprint density at radius 2 is 0.463 bits per heavy atom. The first-order valence-electron chi connectivity index (χ1n) is 30.8. The monoisotopic (exact) mass is 1220 g/mol. The van der Waals surface area contributed by atoms with Gasteiger partial charge in [-0.05, 0) is 91.0 Å². The van der Waals surface area contributed by atoms with E-state index >= 15 is 0 Å². The van der Waals surface area contributed by atoms with Crippen molar-refractivity contribution in [2.45, 2.75) is 178 Å². The van der Waals surface area contributed by atoms with E-state index in [-0.39, 0.29) is 65.8 Å². The van der Waals surface area contributed by atoms with E-state index < -0.39 is 0 Å². The van der Waals surface area contributed by atoms with E-state index in [2.05, 4.69) is 146 Å². The Labute approximate surface area is 529 Å². The number of benzene rings is 8. The van der Waals surface area contributed by atoms with Crippen LogP contribution in [0.2, 0.25) is 0 Å². The maximum Gasteiger partial charge on any atom is 3.00 e. The zero-order valence-corrected chi connectivity index (χ0v) is 49.6. The molecule has 80 heavy (non-hydrogen) atoms. The van der Waals surface area contributed by atoms with Crippen LogP contribution in [0.3, 0.4) is 0 Å². The molecule has 0 aromatic heterocycles. The summed E-state index contributed by atoms with van der Waals surface area (Å²) in [6.07, 6.45) is 30.6. The van der Waals surface area contributed by atoms with Gasteiger partial charge in [0, 0.05) is 26.4 Å². The molecule has 6 aliphatic rings. The summed E-state index contributed by atoms with van der Waals surface area (Å²) in [5.74, 6) is 0. The molecule has 1 radical (unpaired) electrons. The Balaban J connectivity index is 0.000000161. The Kier molecular flexibility index (Phi) is 24.0. The van der Waals surface area contributed by atoms with E-state index in [1.54, 1.807) is 0 Å². The third-order valence-electron chi connectivity index (χ3n) is 17.4. The first-order chi connectivity index (χ1) is 38.7. The first kappa shape index (κ1) is 60.6. The Bertz CT molecular complexity index is 2740. The van der Waals surface area contributed by atoms with Gasteiger partial charge in [0.25, 0.3) is 0 Å². The topological polar surface area (TPSA) is 74.9 Å². The number of hydrogen-bond acceptors (Lipinski definition) is 2. The van der Waals surface area contributed by atoms with Crippen LogP contribution in [0, 0.1) is 46.9 Å². The molecule has 0 atom stereocenters. The molecule has 2 heterocycles. The Morgan fingerprint density at radius 3 is 0.662 bits per heavy atom. The number of nitrogens with zero attached hydrogens (tertiary/aromatic N) is 4. The molecular formula is C72H84LiN4O2Yb. The summed E-state index contributed by atoms with van der Waals surface area (Å²) < 4.78 is 9.89. The van der Waals surface area contributed by atoms with Crippen molar-refractivity contribution in [1.82, 2.24) is 0 Å². The molecule has 6 nitrogen and oxygen atoms in total. The van der Waals surface area contributed by atoms with Crippen LogP contribution >= 0.6 is 0 Å². The van der Waals surface area contributed by atoms with E-state index in [0.29, 0.717) is 24.2 Å². The smallest absolute Gasteiger partial charge is 0.681 e.